The molecule has 0 radical (unpaired) electrons. The van der Waals surface area contributed by atoms with Gasteiger partial charge in [-0.3, -0.25) is 4.18 Å². The summed E-state index contributed by atoms with van der Waals surface area (Å²) in [6, 6.07) is 0. The average molecular weight is 234 g/mol. The standard InChI is InChI=1S/C6H12O6S.Na/c1-2-3-11-5-6(4-7)12-13(8,9)10;/h2,6-7H,1,3-5H2,(H,8,9,10);/q;+1/p-1. The first-order valence-corrected chi connectivity index (χ1v) is 4.76. The second-order valence-electron chi connectivity index (χ2n) is 2.14. The van der Waals surface area contributed by atoms with Crippen molar-refractivity contribution in [3.63, 3.8) is 0 Å². The van der Waals surface area contributed by atoms with Crippen LogP contribution in [0.4, 0.5) is 0 Å². The number of aliphatic hydroxyl groups excluding tert-OH is 1. The molecule has 14 heavy (non-hydrogen) atoms. The maximum atomic E-state index is 10.1. The minimum Gasteiger partial charge on any atom is -0.726 e. The topological polar surface area (TPSA) is 95.9 Å². The van der Waals surface area contributed by atoms with E-state index in [0.717, 1.165) is 0 Å². The zero-order valence-corrected chi connectivity index (χ0v) is 10.7. The second-order valence-corrected chi connectivity index (χ2v) is 3.14. The summed E-state index contributed by atoms with van der Waals surface area (Å²) in [4.78, 5) is 0. The van der Waals surface area contributed by atoms with E-state index in [9.17, 15) is 13.0 Å². The first-order valence-electron chi connectivity index (χ1n) is 3.43. The molecule has 0 aromatic heterocycles. The smallest absolute Gasteiger partial charge is 0.726 e. The van der Waals surface area contributed by atoms with Crippen molar-refractivity contribution in [2.24, 2.45) is 0 Å². The van der Waals surface area contributed by atoms with Crippen molar-refractivity contribution in [1.29, 1.82) is 0 Å². The van der Waals surface area contributed by atoms with Crippen molar-refractivity contribution in [1.82, 2.24) is 0 Å². The van der Waals surface area contributed by atoms with Gasteiger partial charge in [0.1, 0.15) is 6.10 Å². The van der Waals surface area contributed by atoms with E-state index in [4.69, 9.17) is 9.84 Å². The summed E-state index contributed by atoms with van der Waals surface area (Å²) in [6.45, 7) is 2.77. The number of ether oxygens (including phenoxy) is 1. The summed E-state index contributed by atoms with van der Waals surface area (Å²) >= 11 is 0. The van der Waals surface area contributed by atoms with Gasteiger partial charge < -0.3 is 14.4 Å². The van der Waals surface area contributed by atoms with Gasteiger partial charge in [0.25, 0.3) is 0 Å². The average Bonchev–Trinajstić information content (AvgIpc) is 2.01. The van der Waals surface area contributed by atoms with E-state index < -0.39 is 23.1 Å². The second kappa shape index (κ2) is 8.81. The molecule has 0 heterocycles. The maximum Gasteiger partial charge on any atom is 1.00 e. The van der Waals surface area contributed by atoms with Crippen molar-refractivity contribution in [3.8, 4) is 0 Å². The Morgan fingerprint density at radius 1 is 1.57 bits per heavy atom. The summed E-state index contributed by atoms with van der Waals surface area (Å²) in [7, 11) is -4.79. The Balaban J connectivity index is 0. The summed E-state index contributed by atoms with van der Waals surface area (Å²) in [6.07, 6.45) is 0.294. The van der Waals surface area contributed by atoms with Gasteiger partial charge in [0.15, 0.2) is 0 Å². The van der Waals surface area contributed by atoms with Crippen LogP contribution in [0.1, 0.15) is 0 Å². The molecule has 0 aliphatic heterocycles. The van der Waals surface area contributed by atoms with Gasteiger partial charge in [-0.05, 0) is 0 Å². The molecule has 0 spiro atoms. The number of hydrogen-bond donors (Lipinski definition) is 1. The Kier molecular flexibility index (Phi) is 10.7. The molecule has 0 aromatic carbocycles. The van der Waals surface area contributed by atoms with Crippen LogP contribution in [-0.2, 0) is 19.3 Å². The zero-order valence-electron chi connectivity index (χ0n) is 7.88. The first kappa shape index (κ1) is 16.9. The van der Waals surface area contributed by atoms with Crippen LogP contribution in [0.2, 0.25) is 0 Å². The molecule has 1 N–H and O–H groups in total. The van der Waals surface area contributed by atoms with Crippen molar-refractivity contribution >= 4 is 10.4 Å². The summed E-state index contributed by atoms with van der Waals surface area (Å²) < 4.78 is 38.9. The Bertz CT molecular complexity index is 239. The number of hydrogen-bond acceptors (Lipinski definition) is 6. The molecule has 0 aromatic rings. The van der Waals surface area contributed by atoms with E-state index in [1.54, 1.807) is 0 Å². The Morgan fingerprint density at radius 3 is 2.50 bits per heavy atom. The fourth-order valence-corrected chi connectivity index (χ4v) is 1.01. The fourth-order valence-electron chi connectivity index (χ4n) is 0.560. The van der Waals surface area contributed by atoms with Crippen molar-refractivity contribution < 1.29 is 56.6 Å². The van der Waals surface area contributed by atoms with Gasteiger partial charge in [-0.15, -0.1) is 6.58 Å². The Morgan fingerprint density at radius 2 is 2.14 bits per heavy atom. The molecule has 0 bridgehead atoms. The van der Waals surface area contributed by atoms with E-state index in [0.29, 0.717) is 0 Å². The molecule has 0 saturated heterocycles. The van der Waals surface area contributed by atoms with Gasteiger partial charge in [-0.1, -0.05) is 6.08 Å². The third kappa shape index (κ3) is 10.6. The summed E-state index contributed by atoms with van der Waals surface area (Å²) in [5, 5.41) is 8.55. The molecule has 0 saturated carbocycles. The maximum absolute atomic E-state index is 10.1. The van der Waals surface area contributed by atoms with E-state index in [1.807, 2.05) is 0 Å². The molecule has 78 valence electrons. The molecule has 6 nitrogen and oxygen atoms in total. The van der Waals surface area contributed by atoms with Crippen LogP contribution in [-0.4, -0.2) is 44.0 Å². The molecule has 1 unspecified atom stereocenters. The van der Waals surface area contributed by atoms with Crippen LogP contribution >= 0.6 is 0 Å². The van der Waals surface area contributed by atoms with Crippen LogP contribution < -0.4 is 29.6 Å². The third-order valence-electron chi connectivity index (χ3n) is 0.997. The quantitative estimate of drug-likeness (QED) is 0.159. The van der Waals surface area contributed by atoms with E-state index in [-0.39, 0.29) is 42.8 Å². The molecular formula is C6H11NaO6S. The Labute approximate surface area is 105 Å². The predicted octanol–water partition coefficient (Wildman–Crippen LogP) is -3.97. The van der Waals surface area contributed by atoms with Gasteiger partial charge in [0, 0.05) is 0 Å². The zero-order chi connectivity index (χ0) is 10.3. The minimum absolute atomic E-state index is 0. The van der Waals surface area contributed by atoms with Crippen LogP contribution in [0.3, 0.4) is 0 Å². The molecule has 1 atom stereocenters. The van der Waals surface area contributed by atoms with Gasteiger partial charge >= 0.3 is 29.6 Å². The molecule has 0 amide bonds. The third-order valence-corrected chi connectivity index (χ3v) is 1.50. The monoisotopic (exact) mass is 234 g/mol. The fraction of sp³-hybridized carbons (Fsp3) is 0.667. The summed E-state index contributed by atoms with van der Waals surface area (Å²) in [5.41, 5.74) is 0. The normalized spacial score (nSPS) is 13.0. The molecule has 0 aliphatic rings. The summed E-state index contributed by atoms with van der Waals surface area (Å²) in [5.74, 6) is 0. The number of aliphatic hydroxyl groups is 1. The van der Waals surface area contributed by atoms with E-state index in [1.165, 1.54) is 6.08 Å². The molecule has 0 rings (SSSR count). The van der Waals surface area contributed by atoms with Crippen LogP contribution in [0.25, 0.3) is 0 Å². The minimum atomic E-state index is -4.79. The van der Waals surface area contributed by atoms with Crippen molar-refractivity contribution in [2.45, 2.75) is 6.10 Å². The molecule has 0 aliphatic carbocycles. The predicted molar refractivity (Wildman–Crippen MR) is 42.7 cm³/mol. The SMILES string of the molecule is C=CCOCC(CO)OS(=O)(=O)[O-].[Na+]. The van der Waals surface area contributed by atoms with Crippen LogP contribution in [0.15, 0.2) is 12.7 Å². The van der Waals surface area contributed by atoms with Gasteiger partial charge in [-0.25, -0.2) is 8.42 Å². The van der Waals surface area contributed by atoms with Crippen molar-refractivity contribution in [2.75, 3.05) is 19.8 Å². The molecule has 0 fully saturated rings. The van der Waals surface area contributed by atoms with Crippen molar-refractivity contribution in [3.05, 3.63) is 12.7 Å². The van der Waals surface area contributed by atoms with Gasteiger partial charge in [0.05, 0.1) is 19.8 Å². The van der Waals surface area contributed by atoms with Gasteiger partial charge in [-0.2, -0.15) is 0 Å². The first-order chi connectivity index (χ1) is 5.99. The molecular weight excluding hydrogens is 223 g/mol. The van der Waals surface area contributed by atoms with Gasteiger partial charge in [0.2, 0.25) is 10.4 Å². The molecule has 8 heteroatoms. The van der Waals surface area contributed by atoms with E-state index in [2.05, 4.69) is 10.8 Å². The number of rotatable bonds is 7. The van der Waals surface area contributed by atoms with E-state index >= 15 is 0 Å². The van der Waals surface area contributed by atoms with Crippen LogP contribution in [0, 0.1) is 0 Å². The Hall–Kier alpha value is 0.530. The largest absolute Gasteiger partial charge is 1.00 e. The van der Waals surface area contributed by atoms with Crippen LogP contribution in [0.5, 0.6) is 0 Å².